The maximum Gasteiger partial charge on any atom is 0.137 e. The highest BCUT2D eigenvalue weighted by Crippen LogP contribution is 2.15. The number of nitrogens with zero attached hydrogens (tertiary/aromatic N) is 1. The molecule has 14 heavy (non-hydrogen) atoms. The van der Waals surface area contributed by atoms with E-state index in [1.165, 1.54) is 18.4 Å². The largest absolute Gasteiger partial charge is 0.302 e. The van der Waals surface area contributed by atoms with Gasteiger partial charge in [0.25, 0.3) is 0 Å². The number of rotatable bonds is 4. The Morgan fingerprint density at radius 2 is 2.21 bits per heavy atom. The zero-order valence-corrected chi connectivity index (χ0v) is 9.33. The molecule has 0 saturated carbocycles. The molecule has 1 unspecified atom stereocenters. The van der Waals surface area contributed by atoms with Crippen LogP contribution < -0.4 is 0 Å². The molecule has 0 aromatic rings. The van der Waals surface area contributed by atoms with Crippen molar-refractivity contribution in [3.8, 4) is 0 Å². The molecule has 0 amide bonds. The molecular formula is C12H21NO. The highest BCUT2D eigenvalue weighted by Gasteiger charge is 2.20. The summed E-state index contributed by atoms with van der Waals surface area (Å²) in [5.74, 6) is 0. The standard InChI is InChI=1S/C12H21NO/c1-11(2)6-5-9-13-8-4-3-7-12(13)10-14/h6,10,12H,3-5,7-9H2,1-2H3. The molecule has 1 aliphatic heterocycles. The summed E-state index contributed by atoms with van der Waals surface area (Å²) in [6.45, 7) is 6.37. The number of hydrogen-bond acceptors (Lipinski definition) is 2. The first-order valence-corrected chi connectivity index (χ1v) is 5.56. The maximum atomic E-state index is 10.8. The summed E-state index contributed by atoms with van der Waals surface area (Å²) in [4.78, 5) is 13.1. The molecule has 1 saturated heterocycles. The molecule has 0 spiro atoms. The molecule has 0 aromatic carbocycles. The first kappa shape index (κ1) is 11.4. The molecule has 80 valence electrons. The number of allylic oxidation sites excluding steroid dienone is 1. The van der Waals surface area contributed by atoms with Crippen LogP contribution in [-0.2, 0) is 4.79 Å². The second-order valence-electron chi connectivity index (χ2n) is 4.31. The lowest BCUT2D eigenvalue weighted by Crippen LogP contribution is -2.40. The predicted octanol–water partition coefficient (Wildman–Crippen LogP) is 2.40. The first-order chi connectivity index (χ1) is 6.74. The smallest absolute Gasteiger partial charge is 0.137 e. The molecule has 0 aromatic heterocycles. The highest BCUT2D eigenvalue weighted by atomic mass is 16.1. The molecule has 0 radical (unpaired) electrons. The summed E-state index contributed by atoms with van der Waals surface area (Å²) in [6, 6.07) is 0.189. The van der Waals surface area contributed by atoms with Gasteiger partial charge < -0.3 is 4.79 Å². The van der Waals surface area contributed by atoms with Crippen molar-refractivity contribution in [2.75, 3.05) is 13.1 Å². The van der Waals surface area contributed by atoms with Crippen molar-refractivity contribution in [2.24, 2.45) is 0 Å². The topological polar surface area (TPSA) is 20.3 Å². The van der Waals surface area contributed by atoms with Crippen molar-refractivity contribution < 1.29 is 4.79 Å². The van der Waals surface area contributed by atoms with Gasteiger partial charge >= 0.3 is 0 Å². The van der Waals surface area contributed by atoms with Gasteiger partial charge in [-0.05, 0) is 39.7 Å². The van der Waals surface area contributed by atoms with Gasteiger partial charge in [-0.15, -0.1) is 0 Å². The summed E-state index contributed by atoms with van der Waals surface area (Å²) in [6.07, 6.45) is 7.95. The van der Waals surface area contributed by atoms with E-state index in [0.29, 0.717) is 0 Å². The maximum absolute atomic E-state index is 10.8. The molecule has 1 atom stereocenters. The SMILES string of the molecule is CC(C)=CCCN1CCCCC1C=O. The van der Waals surface area contributed by atoms with Crippen molar-refractivity contribution in [3.05, 3.63) is 11.6 Å². The van der Waals surface area contributed by atoms with Gasteiger partial charge in [-0.2, -0.15) is 0 Å². The van der Waals surface area contributed by atoms with E-state index >= 15 is 0 Å². The Morgan fingerprint density at radius 1 is 1.43 bits per heavy atom. The van der Waals surface area contributed by atoms with Crippen molar-refractivity contribution in [3.63, 3.8) is 0 Å². The van der Waals surface area contributed by atoms with Crippen LogP contribution in [0.4, 0.5) is 0 Å². The summed E-state index contributed by atoms with van der Waals surface area (Å²) < 4.78 is 0. The minimum Gasteiger partial charge on any atom is -0.302 e. The Kier molecular flexibility index (Phi) is 4.88. The molecule has 1 aliphatic rings. The lowest BCUT2D eigenvalue weighted by atomic mass is 10.0. The van der Waals surface area contributed by atoms with E-state index in [1.807, 2.05) is 0 Å². The van der Waals surface area contributed by atoms with Gasteiger partial charge in [-0.3, -0.25) is 4.90 Å². The van der Waals surface area contributed by atoms with Crippen molar-refractivity contribution in [1.29, 1.82) is 0 Å². The fraction of sp³-hybridized carbons (Fsp3) is 0.750. The fourth-order valence-electron chi connectivity index (χ4n) is 1.97. The van der Waals surface area contributed by atoms with E-state index in [2.05, 4.69) is 24.8 Å². The molecule has 0 bridgehead atoms. The average molecular weight is 195 g/mol. The van der Waals surface area contributed by atoms with Crippen LogP contribution in [0.5, 0.6) is 0 Å². The molecule has 1 rings (SSSR count). The van der Waals surface area contributed by atoms with E-state index in [-0.39, 0.29) is 6.04 Å². The van der Waals surface area contributed by atoms with Gasteiger partial charge in [0.1, 0.15) is 6.29 Å². The number of hydrogen-bond donors (Lipinski definition) is 0. The second-order valence-corrected chi connectivity index (χ2v) is 4.31. The van der Waals surface area contributed by atoms with Gasteiger partial charge in [0.05, 0.1) is 6.04 Å². The first-order valence-electron chi connectivity index (χ1n) is 5.56. The number of piperidine rings is 1. The third kappa shape index (κ3) is 3.62. The van der Waals surface area contributed by atoms with Gasteiger partial charge in [0.2, 0.25) is 0 Å². The molecule has 2 nitrogen and oxygen atoms in total. The number of aldehydes is 1. The summed E-state index contributed by atoms with van der Waals surface area (Å²) in [7, 11) is 0. The highest BCUT2D eigenvalue weighted by molar-refractivity contribution is 5.57. The van der Waals surface area contributed by atoms with Crippen molar-refractivity contribution in [2.45, 2.75) is 45.6 Å². The van der Waals surface area contributed by atoms with E-state index in [0.717, 1.165) is 32.2 Å². The Balaban J connectivity index is 2.33. The number of likely N-dealkylation sites (tertiary alicyclic amines) is 1. The minimum atomic E-state index is 0.189. The number of carbonyl (C=O) groups excluding carboxylic acids is 1. The zero-order chi connectivity index (χ0) is 10.4. The van der Waals surface area contributed by atoms with Crippen LogP contribution >= 0.6 is 0 Å². The lowest BCUT2D eigenvalue weighted by molar-refractivity contribution is -0.113. The molecule has 2 heteroatoms. The summed E-state index contributed by atoms with van der Waals surface area (Å²) >= 11 is 0. The Bertz CT molecular complexity index is 206. The Labute approximate surface area is 87.0 Å². The molecule has 0 N–H and O–H groups in total. The van der Waals surface area contributed by atoms with Crippen LogP contribution in [0.25, 0.3) is 0 Å². The van der Waals surface area contributed by atoms with E-state index in [9.17, 15) is 4.79 Å². The van der Waals surface area contributed by atoms with E-state index in [4.69, 9.17) is 0 Å². The number of carbonyl (C=O) groups is 1. The van der Waals surface area contributed by atoms with Gasteiger partial charge in [0, 0.05) is 6.54 Å². The lowest BCUT2D eigenvalue weighted by Gasteiger charge is -2.31. The van der Waals surface area contributed by atoms with E-state index < -0.39 is 0 Å². The Morgan fingerprint density at radius 3 is 2.86 bits per heavy atom. The van der Waals surface area contributed by atoms with Gasteiger partial charge in [0.15, 0.2) is 0 Å². The summed E-state index contributed by atoms with van der Waals surface area (Å²) in [5, 5.41) is 0. The van der Waals surface area contributed by atoms with Crippen LogP contribution in [0.1, 0.15) is 39.5 Å². The minimum absolute atomic E-state index is 0.189. The van der Waals surface area contributed by atoms with Crippen molar-refractivity contribution >= 4 is 6.29 Å². The second kappa shape index (κ2) is 5.97. The molecule has 0 aliphatic carbocycles. The van der Waals surface area contributed by atoms with E-state index in [1.54, 1.807) is 0 Å². The average Bonchev–Trinajstić information content (AvgIpc) is 2.18. The predicted molar refractivity (Wildman–Crippen MR) is 59.3 cm³/mol. The van der Waals surface area contributed by atoms with Crippen LogP contribution in [-0.4, -0.2) is 30.3 Å². The van der Waals surface area contributed by atoms with Gasteiger partial charge in [-0.25, -0.2) is 0 Å². The third-order valence-corrected chi connectivity index (χ3v) is 2.79. The fourth-order valence-corrected chi connectivity index (χ4v) is 1.97. The van der Waals surface area contributed by atoms with Crippen LogP contribution in [0.15, 0.2) is 11.6 Å². The Hall–Kier alpha value is -0.630. The van der Waals surface area contributed by atoms with Crippen LogP contribution in [0.3, 0.4) is 0 Å². The quantitative estimate of drug-likeness (QED) is 0.507. The van der Waals surface area contributed by atoms with Gasteiger partial charge in [-0.1, -0.05) is 18.1 Å². The monoisotopic (exact) mass is 195 g/mol. The molecule has 1 heterocycles. The normalized spacial score (nSPS) is 23.1. The molecule has 1 fully saturated rings. The van der Waals surface area contributed by atoms with Crippen molar-refractivity contribution in [1.82, 2.24) is 4.90 Å². The van der Waals surface area contributed by atoms with Crippen LogP contribution in [0, 0.1) is 0 Å². The molecular weight excluding hydrogens is 174 g/mol. The third-order valence-electron chi connectivity index (χ3n) is 2.79. The zero-order valence-electron chi connectivity index (χ0n) is 9.33. The summed E-state index contributed by atoms with van der Waals surface area (Å²) in [5.41, 5.74) is 1.37. The van der Waals surface area contributed by atoms with Crippen LogP contribution in [0.2, 0.25) is 0 Å².